The largest absolute Gasteiger partial charge is 1.00 e. The van der Waals surface area contributed by atoms with E-state index in [9.17, 15) is 0 Å². The monoisotopic (exact) mass is 358 g/mol. The summed E-state index contributed by atoms with van der Waals surface area (Å²) in [4.78, 5) is 5.10. The molecule has 2 fully saturated rings. The van der Waals surface area contributed by atoms with Crippen molar-refractivity contribution in [3.05, 3.63) is 0 Å². The third-order valence-corrected chi connectivity index (χ3v) is 7.40. The lowest BCUT2D eigenvalue weighted by Crippen LogP contribution is -3.00. The SMILES string of the molecule is CC[N+](CC)(CC)CCN=C1C[C@H]2CC[C@]1(C)C2(C)C.[Br-]. The number of fused-ring (bicyclic) bond motifs is 2. The number of likely N-dealkylation sites (N-methyl/N-ethyl adjacent to an activating group) is 1. The third kappa shape index (κ3) is 2.97. The topological polar surface area (TPSA) is 12.4 Å². The molecule has 0 amide bonds. The fourth-order valence-corrected chi connectivity index (χ4v) is 4.71. The number of hydrogen-bond donors (Lipinski definition) is 0. The van der Waals surface area contributed by atoms with Crippen LogP contribution in [0.5, 0.6) is 0 Å². The standard InChI is InChI=1S/C18H35N2.BrH/c1-7-20(8-2,9-3)13-12-19-16-14-15-10-11-18(16,6)17(15,4)5;/h15H,7-14H2,1-6H3;1H/q+1;/p-1/t15-,18+;/m1./s1. The Labute approximate surface area is 142 Å². The highest BCUT2D eigenvalue weighted by Crippen LogP contribution is 2.63. The maximum Gasteiger partial charge on any atom is 0.0985 e. The molecule has 2 rings (SSSR count). The molecule has 2 atom stereocenters. The summed E-state index contributed by atoms with van der Waals surface area (Å²) in [5, 5.41) is 0. The normalized spacial score (nSPS) is 32.5. The molecule has 2 saturated carbocycles. The van der Waals surface area contributed by atoms with Crippen LogP contribution in [0.1, 0.15) is 60.8 Å². The van der Waals surface area contributed by atoms with Crippen molar-refractivity contribution >= 4 is 5.71 Å². The number of aliphatic imine (C=N–C) groups is 1. The lowest BCUT2D eigenvalue weighted by molar-refractivity contribution is -0.921. The van der Waals surface area contributed by atoms with Crippen molar-refractivity contribution in [2.24, 2.45) is 21.7 Å². The molecule has 0 heterocycles. The van der Waals surface area contributed by atoms with Gasteiger partial charge < -0.3 is 21.5 Å². The molecule has 0 unspecified atom stereocenters. The second-order valence-corrected chi connectivity index (χ2v) is 7.84. The van der Waals surface area contributed by atoms with Gasteiger partial charge in [-0.05, 0) is 51.4 Å². The van der Waals surface area contributed by atoms with Gasteiger partial charge in [0.1, 0.15) is 0 Å². The van der Waals surface area contributed by atoms with Gasteiger partial charge in [-0.15, -0.1) is 0 Å². The molecular formula is C18H35BrN2. The van der Waals surface area contributed by atoms with E-state index in [0.717, 1.165) is 12.5 Å². The molecule has 0 saturated heterocycles. The summed E-state index contributed by atoms with van der Waals surface area (Å²) in [5.74, 6) is 0.883. The summed E-state index contributed by atoms with van der Waals surface area (Å²) in [5.41, 5.74) is 2.40. The van der Waals surface area contributed by atoms with E-state index in [1.807, 2.05) is 0 Å². The molecular weight excluding hydrogens is 324 g/mol. The van der Waals surface area contributed by atoms with E-state index < -0.39 is 0 Å². The Morgan fingerprint density at radius 2 is 1.67 bits per heavy atom. The van der Waals surface area contributed by atoms with Crippen molar-refractivity contribution in [2.75, 3.05) is 32.7 Å². The second-order valence-electron chi connectivity index (χ2n) is 7.84. The minimum Gasteiger partial charge on any atom is -1.00 e. The molecule has 2 aliphatic carbocycles. The Hall–Kier alpha value is 0.110. The van der Waals surface area contributed by atoms with Crippen LogP contribution in [-0.2, 0) is 0 Å². The minimum absolute atomic E-state index is 0. The van der Waals surface area contributed by atoms with Gasteiger partial charge in [-0.2, -0.15) is 0 Å². The van der Waals surface area contributed by atoms with Crippen LogP contribution in [-0.4, -0.2) is 42.9 Å². The number of rotatable bonds is 6. The zero-order valence-corrected chi connectivity index (χ0v) is 16.6. The number of nitrogens with zero attached hydrogens (tertiary/aromatic N) is 2. The van der Waals surface area contributed by atoms with Crippen LogP contribution < -0.4 is 17.0 Å². The highest BCUT2D eigenvalue weighted by atomic mass is 79.9. The van der Waals surface area contributed by atoms with Crippen molar-refractivity contribution in [1.29, 1.82) is 0 Å². The molecule has 21 heavy (non-hydrogen) atoms. The fraction of sp³-hybridized carbons (Fsp3) is 0.944. The highest BCUT2D eigenvalue weighted by molar-refractivity contribution is 5.94. The van der Waals surface area contributed by atoms with Crippen molar-refractivity contribution in [3.63, 3.8) is 0 Å². The first-order valence-electron chi connectivity index (χ1n) is 8.74. The molecule has 0 aromatic heterocycles. The summed E-state index contributed by atoms with van der Waals surface area (Å²) >= 11 is 0. The molecule has 3 heteroatoms. The number of hydrogen-bond acceptors (Lipinski definition) is 1. The Morgan fingerprint density at radius 1 is 1.10 bits per heavy atom. The quantitative estimate of drug-likeness (QED) is 0.631. The van der Waals surface area contributed by atoms with E-state index >= 15 is 0 Å². The van der Waals surface area contributed by atoms with E-state index in [1.54, 1.807) is 5.71 Å². The molecule has 2 nitrogen and oxygen atoms in total. The van der Waals surface area contributed by atoms with Gasteiger partial charge in [0.2, 0.25) is 0 Å². The second kappa shape index (κ2) is 6.70. The van der Waals surface area contributed by atoms with Gasteiger partial charge in [0.25, 0.3) is 0 Å². The Bertz CT molecular complexity index is 376. The van der Waals surface area contributed by atoms with Crippen LogP contribution in [0.3, 0.4) is 0 Å². The molecule has 0 aliphatic heterocycles. The van der Waals surface area contributed by atoms with Gasteiger partial charge in [0.15, 0.2) is 0 Å². The van der Waals surface area contributed by atoms with Crippen molar-refractivity contribution < 1.29 is 21.5 Å². The van der Waals surface area contributed by atoms with Crippen LogP contribution in [0.25, 0.3) is 0 Å². The van der Waals surface area contributed by atoms with Crippen LogP contribution in [0.4, 0.5) is 0 Å². The van der Waals surface area contributed by atoms with Crippen LogP contribution in [0.2, 0.25) is 0 Å². The summed E-state index contributed by atoms with van der Waals surface area (Å²) in [7, 11) is 0. The summed E-state index contributed by atoms with van der Waals surface area (Å²) in [6.45, 7) is 20.3. The molecule has 2 bridgehead atoms. The summed E-state index contributed by atoms with van der Waals surface area (Å²) < 4.78 is 1.22. The van der Waals surface area contributed by atoms with Crippen molar-refractivity contribution in [3.8, 4) is 0 Å². The molecule has 0 radical (unpaired) electrons. The van der Waals surface area contributed by atoms with Gasteiger partial charge >= 0.3 is 0 Å². The fourth-order valence-electron chi connectivity index (χ4n) is 4.71. The molecule has 2 aliphatic rings. The lowest BCUT2D eigenvalue weighted by Gasteiger charge is -2.36. The molecule has 0 aromatic carbocycles. The first-order chi connectivity index (χ1) is 9.35. The van der Waals surface area contributed by atoms with Gasteiger partial charge in [0.05, 0.1) is 32.7 Å². The zero-order chi connectivity index (χ0) is 15.0. The smallest absolute Gasteiger partial charge is 0.0985 e. The lowest BCUT2D eigenvalue weighted by atomic mass is 9.70. The number of halogens is 1. The maximum absolute atomic E-state index is 5.10. The average molecular weight is 359 g/mol. The summed E-state index contributed by atoms with van der Waals surface area (Å²) in [6, 6.07) is 0. The Morgan fingerprint density at radius 3 is 2.05 bits per heavy atom. The average Bonchev–Trinajstić information content (AvgIpc) is 2.77. The first-order valence-corrected chi connectivity index (χ1v) is 8.74. The van der Waals surface area contributed by atoms with Gasteiger partial charge in [-0.1, -0.05) is 20.8 Å². The van der Waals surface area contributed by atoms with Crippen molar-refractivity contribution in [2.45, 2.75) is 60.8 Å². The molecule has 0 N–H and O–H groups in total. The van der Waals surface area contributed by atoms with Crippen LogP contribution in [0, 0.1) is 16.7 Å². The summed E-state index contributed by atoms with van der Waals surface area (Å²) in [6.07, 6.45) is 4.05. The van der Waals surface area contributed by atoms with Gasteiger partial charge in [-0.25, -0.2) is 0 Å². The minimum atomic E-state index is 0. The maximum atomic E-state index is 5.10. The molecule has 0 aromatic rings. The first kappa shape index (κ1) is 19.2. The molecule has 124 valence electrons. The van der Waals surface area contributed by atoms with Crippen LogP contribution >= 0.6 is 0 Å². The van der Waals surface area contributed by atoms with E-state index in [0.29, 0.717) is 10.8 Å². The predicted molar refractivity (Wildman–Crippen MR) is 88.3 cm³/mol. The van der Waals surface area contributed by atoms with E-state index in [-0.39, 0.29) is 17.0 Å². The zero-order valence-electron chi connectivity index (χ0n) is 15.0. The van der Waals surface area contributed by atoms with E-state index in [1.165, 1.54) is 49.9 Å². The number of quaternary nitrogens is 1. The highest BCUT2D eigenvalue weighted by Gasteiger charge is 2.59. The Kier molecular flexibility index (Phi) is 6.11. The Balaban J connectivity index is 0.00000220. The molecule has 0 spiro atoms. The van der Waals surface area contributed by atoms with Crippen molar-refractivity contribution in [1.82, 2.24) is 0 Å². The van der Waals surface area contributed by atoms with E-state index in [4.69, 9.17) is 4.99 Å². The predicted octanol–water partition coefficient (Wildman–Crippen LogP) is 1.15. The van der Waals surface area contributed by atoms with Crippen LogP contribution in [0.15, 0.2) is 4.99 Å². The van der Waals surface area contributed by atoms with Gasteiger partial charge in [-0.3, -0.25) is 4.99 Å². The van der Waals surface area contributed by atoms with Gasteiger partial charge in [0, 0.05) is 11.1 Å². The third-order valence-electron chi connectivity index (χ3n) is 7.40. The van der Waals surface area contributed by atoms with E-state index in [2.05, 4.69) is 41.5 Å².